The van der Waals surface area contributed by atoms with Gasteiger partial charge in [0.1, 0.15) is 10.6 Å². The molecule has 1 N–H and O–H groups in total. The van der Waals surface area contributed by atoms with Gasteiger partial charge in [0.05, 0.1) is 10.6 Å². The lowest BCUT2D eigenvalue weighted by atomic mass is 10.0. The second-order valence-electron chi connectivity index (χ2n) is 7.71. The highest BCUT2D eigenvalue weighted by Crippen LogP contribution is 2.34. The lowest BCUT2D eigenvalue weighted by molar-refractivity contribution is -0.115. The molecule has 7 nitrogen and oxygen atoms in total. The summed E-state index contributed by atoms with van der Waals surface area (Å²) in [5.41, 5.74) is 4.17. The van der Waals surface area contributed by atoms with Crippen molar-refractivity contribution < 1.29 is 9.32 Å². The van der Waals surface area contributed by atoms with Crippen LogP contribution in [-0.2, 0) is 11.8 Å². The number of rotatable bonds is 6. The predicted molar refractivity (Wildman–Crippen MR) is 130 cm³/mol. The van der Waals surface area contributed by atoms with Gasteiger partial charge in [-0.25, -0.2) is 4.98 Å². The molecular formula is C23H24N4O3S2. The van der Waals surface area contributed by atoms with Crippen LogP contribution in [-0.4, -0.2) is 25.9 Å². The molecule has 4 rings (SSSR count). The van der Waals surface area contributed by atoms with Crippen LogP contribution in [0.5, 0.6) is 0 Å². The Kier molecular flexibility index (Phi) is 6.21. The van der Waals surface area contributed by atoms with Gasteiger partial charge < -0.3 is 9.84 Å². The van der Waals surface area contributed by atoms with E-state index >= 15 is 0 Å². The average molecular weight is 469 g/mol. The van der Waals surface area contributed by atoms with Gasteiger partial charge in [-0.1, -0.05) is 42.0 Å². The number of hydrogen-bond acceptors (Lipinski definition) is 7. The molecule has 0 spiro atoms. The molecule has 0 fully saturated rings. The smallest absolute Gasteiger partial charge is 0.263 e. The number of nitrogens with zero attached hydrogens (tertiary/aromatic N) is 3. The second kappa shape index (κ2) is 8.91. The van der Waals surface area contributed by atoms with Crippen LogP contribution in [0.25, 0.3) is 21.3 Å². The average Bonchev–Trinajstić information content (AvgIpc) is 3.37. The second-order valence-corrected chi connectivity index (χ2v) is 9.74. The summed E-state index contributed by atoms with van der Waals surface area (Å²) in [7, 11) is 1.70. The minimum Gasteiger partial charge on any atom is -0.360 e. The van der Waals surface area contributed by atoms with E-state index in [1.165, 1.54) is 38.8 Å². The van der Waals surface area contributed by atoms with Crippen molar-refractivity contribution in [2.24, 2.45) is 7.05 Å². The van der Waals surface area contributed by atoms with Gasteiger partial charge in [-0.05, 0) is 43.9 Å². The molecule has 32 heavy (non-hydrogen) atoms. The largest absolute Gasteiger partial charge is 0.360 e. The minimum atomic E-state index is -0.429. The molecule has 1 unspecified atom stereocenters. The van der Waals surface area contributed by atoms with Crippen molar-refractivity contribution in [1.82, 2.24) is 14.7 Å². The maximum Gasteiger partial charge on any atom is 0.263 e. The fourth-order valence-corrected chi connectivity index (χ4v) is 5.33. The van der Waals surface area contributed by atoms with Crippen molar-refractivity contribution in [3.05, 3.63) is 56.9 Å². The molecule has 0 aliphatic carbocycles. The van der Waals surface area contributed by atoms with E-state index in [4.69, 9.17) is 9.51 Å². The Labute approximate surface area is 193 Å². The third kappa shape index (κ3) is 4.22. The van der Waals surface area contributed by atoms with Gasteiger partial charge in [0.2, 0.25) is 5.91 Å². The highest BCUT2D eigenvalue weighted by Gasteiger charge is 2.23. The van der Waals surface area contributed by atoms with E-state index in [2.05, 4.69) is 36.5 Å². The van der Waals surface area contributed by atoms with Crippen LogP contribution < -0.4 is 10.9 Å². The SMILES string of the molecule is CCC(Sc1nc2scc(-c3ccc(C)c(C)c3)c2c(=O)n1C)C(=O)Nc1cc(C)on1. The maximum atomic E-state index is 13.3. The number of carbonyl (C=O) groups excluding carboxylic acids is 1. The summed E-state index contributed by atoms with van der Waals surface area (Å²) in [4.78, 5) is 31.4. The highest BCUT2D eigenvalue weighted by atomic mass is 32.2. The standard InChI is InChI=1S/C23H24N4O3S2/c1-6-17(20(28)24-18-10-14(4)30-26-18)32-23-25-21-19(22(29)27(23)5)16(11-31-21)15-8-7-12(2)13(3)9-15/h7-11,17H,6H2,1-5H3,(H,24,26,28). The van der Waals surface area contributed by atoms with Gasteiger partial charge >= 0.3 is 0 Å². The van der Waals surface area contributed by atoms with Crippen LogP contribution in [0, 0.1) is 20.8 Å². The van der Waals surface area contributed by atoms with Gasteiger partial charge in [0, 0.05) is 24.1 Å². The Balaban J connectivity index is 1.66. The zero-order valence-corrected chi connectivity index (χ0v) is 20.2. The topological polar surface area (TPSA) is 90.0 Å². The van der Waals surface area contributed by atoms with Crippen molar-refractivity contribution in [3.63, 3.8) is 0 Å². The van der Waals surface area contributed by atoms with E-state index in [-0.39, 0.29) is 11.5 Å². The van der Waals surface area contributed by atoms with Crippen LogP contribution in [0.3, 0.4) is 0 Å². The molecule has 1 aromatic carbocycles. The number of thiophene rings is 1. The summed E-state index contributed by atoms with van der Waals surface area (Å²) in [6.45, 7) is 7.82. The van der Waals surface area contributed by atoms with Gasteiger partial charge in [-0.15, -0.1) is 11.3 Å². The van der Waals surface area contributed by atoms with E-state index < -0.39 is 5.25 Å². The maximum absolute atomic E-state index is 13.3. The highest BCUT2D eigenvalue weighted by molar-refractivity contribution is 8.00. The van der Waals surface area contributed by atoms with Crippen molar-refractivity contribution >= 4 is 45.0 Å². The number of anilines is 1. The van der Waals surface area contributed by atoms with Gasteiger partial charge in [-0.2, -0.15) is 0 Å². The first-order valence-electron chi connectivity index (χ1n) is 10.2. The zero-order chi connectivity index (χ0) is 23.0. The van der Waals surface area contributed by atoms with Gasteiger partial charge in [0.15, 0.2) is 11.0 Å². The van der Waals surface area contributed by atoms with Crippen LogP contribution in [0.1, 0.15) is 30.2 Å². The number of fused-ring (bicyclic) bond motifs is 1. The number of amides is 1. The fraction of sp³-hybridized carbons (Fsp3) is 0.304. The summed E-state index contributed by atoms with van der Waals surface area (Å²) in [6, 6.07) is 7.86. The summed E-state index contributed by atoms with van der Waals surface area (Å²) in [5.74, 6) is 0.787. The molecule has 0 aliphatic rings. The molecule has 4 aromatic rings. The van der Waals surface area contributed by atoms with Crippen LogP contribution >= 0.6 is 23.1 Å². The molecule has 0 saturated heterocycles. The van der Waals surface area contributed by atoms with Crippen molar-refractivity contribution in [1.29, 1.82) is 0 Å². The van der Waals surface area contributed by atoms with E-state index in [0.717, 1.165) is 11.1 Å². The van der Waals surface area contributed by atoms with E-state index in [9.17, 15) is 9.59 Å². The monoisotopic (exact) mass is 468 g/mol. The molecule has 3 aromatic heterocycles. The number of benzene rings is 1. The number of aryl methyl sites for hydroxylation is 3. The van der Waals surface area contributed by atoms with Crippen LogP contribution in [0.15, 0.2) is 44.1 Å². The Bertz CT molecular complexity index is 1370. The Hall–Kier alpha value is -2.91. The molecule has 3 heterocycles. The first-order valence-corrected chi connectivity index (χ1v) is 12.0. The molecule has 1 amide bonds. The number of nitrogens with one attached hydrogen (secondary N) is 1. The fourth-order valence-electron chi connectivity index (χ4n) is 3.36. The lowest BCUT2D eigenvalue weighted by Gasteiger charge is -2.15. The lowest BCUT2D eigenvalue weighted by Crippen LogP contribution is -2.27. The van der Waals surface area contributed by atoms with Crippen molar-refractivity contribution in [2.75, 3.05) is 5.32 Å². The Morgan fingerprint density at radius 1 is 1.25 bits per heavy atom. The van der Waals surface area contributed by atoms with E-state index in [1.54, 1.807) is 20.0 Å². The minimum absolute atomic E-state index is 0.116. The van der Waals surface area contributed by atoms with E-state index in [1.807, 2.05) is 18.4 Å². The Morgan fingerprint density at radius 2 is 2.03 bits per heavy atom. The molecule has 166 valence electrons. The first kappa shape index (κ1) is 22.3. The molecule has 0 saturated carbocycles. The van der Waals surface area contributed by atoms with Crippen molar-refractivity contribution in [3.8, 4) is 11.1 Å². The van der Waals surface area contributed by atoms with Crippen molar-refractivity contribution in [2.45, 2.75) is 44.5 Å². The quantitative estimate of drug-likeness (QED) is 0.313. The Morgan fingerprint density at radius 3 is 2.69 bits per heavy atom. The van der Waals surface area contributed by atoms with Crippen LogP contribution in [0.2, 0.25) is 0 Å². The summed E-state index contributed by atoms with van der Waals surface area (Å²) < 4.78 is 6.53. The van der Waals surface area contributed by atoms with Gasteiger partial charge in [0.25, 0.3) is 5.56 Å². The molecule has 0 bridgehead atoms. The zero-order valence-electron chi connectivity index (χ0n) is 18.6. The number of thioether (sulfide) groups is 1. The molecule has 0 aliphatic heterocycles. The number of aromatic nitrogens is 3. The predicted octanol–water partition coefficient (Wildman–Crippen LogP) is 5.08. The normalized spacial score (nSPS) is 12.3. The number of hydrogen-bond donors (Lipinski definition) is 1. The first-order chi connectivity index (χ1) is 15.3. The van der Waals surface area contributed by atoms with E-state index in [0.29, 0.717) is 33.4 Å². The molecule has 0 radical (unpaired) electrons. The molecule has 1 atom stereocenters. The molecule has 9 heteroatoms. The third-order valence-corrected chi connectivity index (χ3v) is 7.66. The summed E-state index contributed by atoms with van der Waals surface area (Å²) in [5, 5.41) is 9.25. The number of carbonyl (C=O) groups is 1. The molecular weight excluding hydrogens is 444 g/mol. The third-order valence-electron chi connectivity index (χ3n) is 5.38. The van der Waals surface area contributed by atoms with Crippen LogP contribution in [0.4, 0.5) is 5.82 Å². The summed E-state index contributed by atoms with van der Waals surface area (Å²) >= 11 is 2.72. The summed E-state index contributed by atoms with van der Waals surface area (Å²) in [6.07, 6.45) is 0.569. The van der Waals surface area contributed by atoms with Gasteiger partial charge in [-0.3, -0.25) is 14.2 Å².